The average Bonchev–Trinajstić information content (AvgIpc) is 2.65. The van der Waals surface area contributed by atoms with E-state index >= 15 is 0 Å². The van der Waals surface area contributed by atoms with Gasteiger partial charge in [-0.15, -0.1) is 0 Å². The maximum atomic E-state index is 10.8. The fourth-order valence-electron chi connectivity index (χ4n) is 3.76. The summed E-state index contributed by atoms with van der Waals surface area (Å²) in [5, 5.41) is 10.8. The van der Waals surface area contributed by atoms with Crippen molar-refractivity contribution < 1.29 is 22.8 Å². The highest BCUT2D eigenvalue weighted by Crippen LogP contribution is 2.43. The van der Waals surface area contributed by atoms with Crippen molar-refractivity contribution in [3.05, 3.63) is 23.3 Å². The standard InChI is InChI=1S/C19H29NO3/c1-12(2)7-14-11-20-6-5-13-8-18(22-3)19(23-4)9-15(13)16(20)10-17(14)21/h8-9,12,14,16-17,21H,5-7,10-11H2,1-4H3/t14-,16-,17+/m0/s1/i1D3,7D2,12D/t12?,14-,16-,17+. The van der Waals surface area contributed by atoms with Crippen molar-refractivity contribution in [1.29, 1.82) is 0 Å². The first-order chi connectivity index (χ1) is 13.3. The van der Waals surface area contributed by atoms with Crippen molar-refractivity contribution in [2.45, 2.75) is 45.1 Å². The van der Waals surface area contributed by atoms with E-state index in [4.69, 9.17) is 17.7 Å². The van der Waals surface area contributed by atoms with Gasteiger partial charge in [0.05, 0.1) is 20.3 Å². The van der Waals surface area contributed by atoms with Crippen LogP contribution in [0.15, 0.2) is 12.1 Å². The van der Waals surface area contributed by atoms with Gasteiger partial charge >= 0.3 is 0 Å². The molecule has 1 fully saturated rings. The Kier molecular flexibility index (Phi) is 3.08. The van der Waals surface area contributed by atoms with Crippen molar-refractivity contribution in [2.75, 3.05) is 27.3 Å². The van der Waals surface area contributed by atoms with Crippen LogP contribution in [0.1, 0.15) is 52.0 Å². The second-order valence-corrected chi connectivity index (χ2v) is 6.35. The zero-order valence-corrected chi connectivity index (χ0v) is 13.9. The SMILES string of the molecule is [2H]C([2H])([2H])C([2H])(C)C([2H])([2H])[C@H]1CN2CCc3cc(OC)c(OC)cc3[C@@H]2C[C@H]1O. The van der Waals surface area contributed by atoms with Gasteiger partial charge in [-0.25, -0.2) is 0 Å². The van der Waals surface area contributed by atoms with Gasteiger partial charge in [-0.3, -0.25) is 4.90 Å². The van der Waals surface area contributed by atoms with Crippen LogP contribution in [0.2, 0.25) is 0 Å². The third-order valence-electron chi connectivity index (χ3n) is 4.88. The van der Waals surface area contributed by atoms with Gasteiger partial charge in [0.25, 0.3) is 0 Å². The van der Waals surface area contributed by atoms with Crippen molar-refractivity contribution in [1.82, 2.24) is 4.90 Å². The number of hydrogen-bond donors (Lipinski definition) is 1. The van der Waals surface area contributed by atoms with Crippen LogP contribution >= 0.6 is 0 Å². The summed E-state index contributed by atoms with van der Waals surface area (Å²) in [5.41, 5.74) is 2.11. The van der Waals surface area contributed by atoms with E-state index in [2.05, 4.69) is 4.90 Å². The molecule has 1 aromatic carbocycles. The summed E-state index contributed by atoms with van der Waals surface area (Å²) in [6.07, 6.45) is -2.45. The smallest absolute Gasteiger partial charge is 0.161 e. The average molecular weight is 325 g/mol. The second kappa shape index (κ2) is 6.70. The number of ether oxygens (including phenoxy) is 2. The summed E-state index contributed by atoms with van der Waals surface area (Å²) in [6, 6.07) is 3.73. The lowest BCUT2D eigenvalue weighted by Crippen LogP contribution is -2.48. The fraction of sp³-hybridized carbons (Fsp3) is 0.684. The first-order valence-corrected chi connectivity index (χ1v) is 8.02. The maximum absolute atomic E-state index is 10.8. The van der Waals surface area contributed by atoms with Gasteiger partial charge < -0.3 is 14.6 Å². The Hall–Kier alpha value is -1.26. The Morgan fingerprint density at radius 3 is 2.87 bits per heavy atom. The van der Waals surface area contributed by atoms with Crippen LogP contribution in [0.25, 0.3) is 0 Å². The molecule has 0 aliphatic carbocycles. The van der Waals surface area contributed by atoms with Crippen molar-refractivity contribution >= 4 is 0 Å². The molecule has 0 radical (unpaired) electrons. The van der Waals surface area contributed by atoms with Crippen LogP contribution in [0.4, 0.5) is 0 Å². The molecule has 2 aliphatic heterocycles. The van der Waals surface area contributed by atoms with Gasteiger partial charge in [0.1, 0.15) is 0 Å². The molecule has 0 spiro atoms. The molecule has 0 amide bonds. The van der Waals surface area contributed by atoms with Crippen molar-refractivity contribution in [3.8, 4) is 11.5 Å². The monoisotopic (exact) mass is 325 g/mol. The van der Waals surface area contributed by atoms with Crippen LogP contribution in [-0.4, -0.2) is 43.4 Å². The number of aliphatic hydroxyl groups is 1. The summed E-state index contributed by atoms with van der Waals surface area (Å²) in [5.74, 6) is -2.06. The number of hydrogen-bond acceptors (Lipinski definition) is 4. The van der Waals surface area contributed by atoms with E-state index in [0.29, 0.717) is 18.0 Å². The molecule has 3 rings (SSSR count). The quantitative estimate of drug-likeness (QED) is 0.924. The molecule has 1 saturated heterocycles. The minimum absolute atomic E-state index is 0.120. The lowest BCUT2D eigenvalue weighted by molar-refractivity contribution is -0.0191. The maximum Gasteiger partial charge on any atom is 0.161 e. The molecule has 2 heterocycles. The van der Waals surface area contributed by atoms with E-state index in [9.17, 15) is 5.11 Å². The minimum atomic E-state index is -2.80. The Labute approximate surface area is 147 Å². The molecule has 4 nitrogen and oxygen atoms in total. The van der Waals surface area contributed by atoms with Gasteiger partial charge in [0, 0.05) is 27.4 Å². The zero-order chi connectivity index (χ0) is 21.8. The van der Waals surface area contributed by atoms with Crippen molar-refractivity contribution in [2.24, 2.45) is 11.8 Å². The highest BCUT2D eigenvalue weighted by molar-refractivity contribution is 5.49. The molecule has 2 aliphatic rings. The highest BCUT2D eigenvalue weighted by Gasteiger charge is 2.38. The Morgan fingerprint density at radius 2 is 2.17 bits per heavy atom. The molecule has 1 unspecified atom stereocenters. The molecule has 0 bridgehead atoms. The summed E-state index contributed by atoms with van der Waals surface area (Å²) >= 11 is 0. The first kappa shape index (κ1) is 10.6. The van der Waals surface area contributed by atoms with Crippen LogP contribution < -0.4 is 9.47 Å². The summed E-state index contributed by atoms with van der Waals surface area (Å²) in [7, 11) is 3.15. The van der Waals surface area contributed by atoms with Gasteiger partial charge in [-0.2, -0.15) is 0 Å². The lowest BCUT2D eigenvalue weighted by atomic mass is 9.79. The van der Waals surface area contributed by atoms with E-state index in [1.54, 1.807) is 14.2 Å². The predicted molar refractivity (Wildman–Crippen MR) is 91.1 cm³/mol. The second-order valence-electron chi connectivity index (χ2n) is 6.35. The molecule has 128 valence electrons. The van der Waals surface area contributed by atoms with Gasteiger partial charge in [-0.05, 0) is 54.3 Å². The molecule has 4 heteroatoms. The molecule has 0 aromatic heterocycles. The largest absolute Gasteiger partial charge is 0.493 e. The topological polar surface area (TPSA) is 41.9 Å². The van der Waals surface area contributed by atoms with E-state index in [1.165, 1.54) is 0 Å². The molecule has 4 atom stereocenters. The molecule has 23 heavy (non-hydrogen) atoms. The van der Waals surface area contributed by atoms with Crippen molar-refractivity contribution in [3.63, 3.8) is 0 Å². The number of rotatable bonds is 4. The van der Waals surface area contributed by atoms with E-state index in [1.807, 2.05) is 12.1 Å². The van der Waals surface area contributed by atoms with E-state index < -0.39 is 31.1 Å². The number of benzene rings is 1. The third kappa shape index (κ3) is 3.20. The Bertz CT molecular complexity index is 767. The van der Waals surface area contributed by atoms with Crippen LogP contribution in [0, 0.1) is 11.8 Å². The molecule has 1 aromatic rings. The fourth-order valence-corrected chi connectivity index (χ4v) is 3.76. The lowest BCUT2D eigenvalue weighted by Gasteiger charge is -2.46. The first-order valence-electron chi connectivity index (χ1n) is 11.0. The Morgan fingerprint density at radius 1 is 1.43 bits per heavy atom. The number of nitrogens with zero attached hydrogens (tertiary/aromatic N) is 1. The Balaban J connectivity index is 1.92. The van der Waals surface area contributed by atoms with Crippen LogP contribution in [0.5, 0.6) is 11.5 Å². The van der Waals surface area contributed by atoms with Crippen LogP contribution in [-0.2, 0) is 6.42 Å². The number of methoxy groups -OCH3 is 2. The molecular formula is C19H29NO3. The molecular weight excluding hydrogens is 290 g/mol. The van der Waals surface area contributed by atoms with Gasteiger partial charge in [0.15, 0.2) is 11.5 Å². The zero-order valence-electron chi connectivity index (χ0n) is 19.9. The highest BCUT2D eigenvalue weighted by atomic mass is 16.5. The van der Waals surface area contributed by atoms with Gasteiger partial charge in [-0.1, -0.05) is 13.8 Å². The third-order valence-corrected chi connectivity index (χ3v) is 4.88. The normalized spacial score (nSPS) is 35.0. The molecule has 0 saturated carbocycles. The van der Waals surface area contributed by atoms with Gasteiger partial charge in [0.2, 0.25) is 0 Å². The summed E-state index contributed by atoms with van der Waals surface area (Å²) < 4.78 is 58.9. The predicted octanol–water partition coefficient (Wildman–Crippen LogP) is 3.03. The number of fused-ring (bicyclic) bond motifs is 3. The van der Waals surface area contributed by atoms with E-state index in [0.717, 1.165) is 24.5 Å². The minimum Gasteiger partial charge on any atom is -0.493 e. The number of aliphatic hydroxyl groups excluding tert-OH is 1. The van der Waals surface area contributed by atoms with Crippen LogP contribution in [0.3, 0.4) is 0 Å². The summed E-state index contributed by atoms with van der Waals surface area (Å²) in [4.78, 5) is 2.08. The van der Waals surface area contributed by atoms with E-state index in [-0.39, 0.29) is 19.0 Å². The summed E-state index contributed by atoms with van der Waals surface area (Å²) in [6.45, 7) is -0.848. The number of piperidine rings is 1. The molecule has 1 N–H and O–H groups in total.